The summed E-state index contributed by atoms with van der Waals surface area (Å²) >= 11 is 6.26. The Kier molecular flexibility index (Phi) is 6.24. The molecule has 1 N–H and O–H groups in total. The number of ether oxygens (including phenoxy) is 1. The predicted octanol–water partition coefficient (Wildman–Crippen LogP) is 1.49. The molecule has 3 rings (SSSR count). The van der Waals surface area contributed by atoms with Crippen molar-refractivity contribution in [1.29, 1.82) is 0 Å². The highest BCUT2D eigenvalue weighted by atomic mass is 35.5. The van der Waals surface area contributed by atoms with Gasteiger partial charge in [-0.2, -0.15) is 0 Å². The average Bonchev–Trinajstić information content (AvgIpc) is 2.87. The van der Waals surface area contributed by atoms with E-state index < -0.39 is 21.8 Å². The molecule has 29 heavy (non-hydrogen) atoms. The summed E-state index contributed by atoms with van der Waals surface area (Å²) in [4.78, 5) is 27.1. The minimum atomic E-state index is -3.72. The number of morpholine rings is 1. The Morgan fingerprint density at radius 1 is 1.31 bits per heavy atom. The van der Waals surface area contributed by atoms with Crippen LogP contribution >= 0.6 is 11.6 Å². The van der Waals surface area contributed by atoms with E-state index in [0.29, 0.717) is 19.8 Å². The maximum Gasteiger partial charge on any atom is 0.252 e. The minimum Gasteiger partial charge on any atom is -0.379 e. The van der Waals surface area contributed by atoms with Crippen molar-refractivity contribution in [3.63, 3.8) is 0 Å². The van der Waals surface area contributed by atoms with Crippen LogP contribution in [0.25, 0.3) is 0 Å². The number of anilines is 1. The third-order valence-corrected chi connectivity index (χ3v) is 7.52. The van der Waals surface area contributed by atoms with Gasteiger partial charge in [-0.1, -0.05) is 18.5 Å². The number of carbonyl (C=O) groups excluding carboxylic acids is 2. The third-order valence-electron chi connectivity index (χ3n) is 5.34. The fraction of sp³-hybridized carbons (Fsp3) is 0.579. The monoisotopic (exact) mass is 443 g/mol. The molecular formula is C19H26ClN3O5S. The van der Waals surface area contributed by atoms with E-state index in [-0.39, 0.29) is 33.5 Å². The second kappa shape index (κ2) is 8.22. The third kappa shape index (κ3) is 4.58. The summed E-state index contributed by atoms with van der Waals surface area (Å²) in [6.07, 6.45) is 0. The molecule has 2 aliphatic heterocycles. The highest BCUT2D eigenvalue weighted by Crippen LogP contribution is 2.31. The summed E-state index contributed by atoms with van der Waals surface area (Å²) in [7, 11) is -3.72. The molecule has 2 amide bonds. The largest absolute Gasteiger partial charge is 0.379 e. The lowest BCUT2D eigenvalue weighted by atomic mass is 10.0. The zero-order valence-corrected chi connectivity index (χ0v) is 18.3. The molecule has 1 aromatic carbocycles. The molecule has 2 heterocycles. The smallest absolute Gasteiger partial charge is 0.252 e. The number of halogens is 1. The Labute approximate surface area is 176 Å². The Morgan fingerprint density at radius 3 is 2.52 bits per heavy atom. The van der Waals surface area contributed by atoms with Gasteiger partial charge in [0, 0.05) is 25.2 Å². The van der Waals surface area contributed by atoms with Crippen LogP contribution in [-0.4, -0.2) is 69.3 Å². The van der Waals surface area contributed by atoms with Crippen LogP contribution in [0.2, 0.25) is 5.02 Å². The molecule has 2 saturated heterocycles. The number of nitrogens with zero attached hydrogens (tertiary/aromatic N) is 2. The molecule has 2 fully saturated rings. The number of amides is 2. The first kappa shape index (κ1) is 22.0. The molecule has 0 saturated carbocycles. The van der Waals surface area contributed by atoms with E-state index in [2.05, 4.69) is 10.2 Å². The van der Waals surface area contributed by atoms with Crippen LogP contribution in [0, 0.1) is 5.92 Å². The summed E-state index contributed by atoms with van der Waals surface area (Å²) < 4.78 is 30.6. The zero-order chi connectivity index (χ0) is 21.4. The first-order valence-corrected chi connectivity index (χ1v) is 11.5. The van der Waals surface area contributed by atoms with Gasteiger partial charge in [0.15, 0.2) is 0 Å². The van der Waals surface area contributed by atoms with Crippen LogP contribution in [0.15, 0.2) is 18.2 Å². The van der Waals surface area contributed by atoms with E-state index in [9.17, 15) is 18.0 Å². The van der Waals surface area contributed by atoms with E-state index in [1.165, 1.54) is 18.2 Å². The van der Waals surface area contributed by atoms with Gasteiger partial charge in [0.05, 0.1) is 41.2 Å². The zero-order valence-electron chi connectivity index (χ0n) is 16.8. The van der Waals surface area contributed by atoms with Crippen LogP contribution in [-0.2, 0) is 19.6 Å². The molecule has 1 aromatic rings. The molecule has 0 bridgehead atoms. The van der Waals surface area contributed by atoms with Gasteiger partial charge in [0.2, 0.25) is 15.9 Å². The molecule has 0 radical (unpaired) electrons. The molecule has 1 atom stereocenters. The lowest BCUT2D eigenvalue weighted by molar-refractivity contribution is -0.119. The van der Waals surface area contributed by atoms with Crippen molar-refractivity contribution in [1.82, 2.24) is 10.2 Å². The van der Waals surface area contributed by atoms with Crippen molar-refractivity contribution >= 4 is 39.1 Å². The fourth-order valence-electron chi connectivity index (χ4n) is 3.57. The Hall–Kier alpha value is -1.68. The SMILES string of the molecule is CC1CS(=O)(=O)N(c2ccc(C(=O)NCC(C)(C)N3CCOCC3)c(Cl)c2)C1=O. The molecule has 8 nitrogen and oxygen atoms in total. The Balaban J connectivity index is 1.71. The number of hydrogen-bond acceptors (Lipinski definition) is 6. The molecule has 2 aliphatic rings. The van der Waals surface area contributed by atoms with Crippen molar-refractivity contribution in [2.45, 2.75) is 26.3 Å². The summed E-state index contributed by atoms with van der Waals surface area (Å²) in [6, 6.07) is 4.22. The molecule has 0 aromatic heterocycles. The lowest BCUT2D eigenvalue weighted by Crippen LogP contribution is -2.55. The van der Waals surface area contributed by atoms with Crippen molar-refractivity contribution in [3.8, 4) is 0 Å². The predicted molar refractivity (Wildman–Crippen MR) is 111 cm³/mol. The number of benzene rings is 1. The van der Waals surface area contributed by atoms with Crippen LogP contribution in [0.1, 0.15) is 31.1 Å². The van der Waals surface area contributed by atoms with E-state index in [0.717, 1.165) is 17.4 Å². The maximum atomic E-state index is 12.6. The van der Waals surface area contributed by atoms with Gasteiger partial charge in [0.25, 0.3) is 5.91 Å². The summed E-state index contributed by atoms with van der Waals surface area (Å²) in [5.41, 5.74) is 0.123. The van der Waals surface area contributed by atoms with Gasteiger partial charge >= 0.3 is 0 Å². The number of sulfonamides is 1. The Bertz CT molecular complexity index is 912. The molecule has 0 spiro atoms. The van der Waals surface area contributed by atoms with Crippen LogP contribution in [0.3, 0.4) is 0 Å². The first-order valence-electron chi connectivity index (χ1n) is 9.50. The van der Waals surface area contributed by atoms with Crippen molar-refractivity contribution in [3.05, 3.63) is 28.8 Å². The topological polar surface area (TPSA) is 96.0 Å². The quantitative estimate of drug-likeness (QED) is 0.740. The summed E-state index contributed by atoms with van der Waals surface area (Å²) in [5.74, 6) is -1.69. The van der Waals surface area contributed by atoms with E-state index in [1.807, 2.05) is 13.8 Å². The van der Waals surface area contributed by atoms with Gasteiger partial charge in [-0.15, -0.1) is 0 Å². The van der Waals surface area contributed by atoms with Crippen molar-refractivity contribution in [2.75, 3.05) is 42.9 Å². The number of nitrogens with one attached hydrogen (secondary N) is 1. The molecule has 160 valence electrons. The minimum absolute atomic E-state index is 0.0896. The fourth-order valence-corrected chi connectivity index (χ4v) is 5.65. The van der Waals surface area contributed by atoms with Crippen LogP contribution in [0.5, 0.6) is 0 Å². The first-order chi connectivity index (χ1) is 13.5. The number of carbonyl (C=O) groups is 2. The summed E-state index contributed by atoms with van der Waals surface area (Å²) in [5, 5.41) is 2.98. The van der Waals surface area contributed by atoms with E-state index in [1.54, 1.807) is 6.92 Å². The van der Waals surface area contributed by atoms with Crippen molar-refractivity contribution in [2.24, 2.45) is 5.92 Å². The Morgan fingerprint density at radius 2 is 1.97 bits per heavy atom. The highest BCUT2D eigenvalue weighted by molar-refractivity contribution is 7.94. The highest BCUT2D eigenvalue weighted by Gasteiger charge is 2.42. The number of hydrogen-bond donors (Lipinski definition) is 1. The second-order valence-electron chi connectivity index (χ2n) is 8.04. The standard InChI is InChI=1S/C19H26ClN3O5S/c1-13-11-29(26,27)23(18(13)25)14-4-5-15(16(20)10-14)17(24)21-12-19(2,3)22-6-8-28-9-7-22/h4-5,10,13H,6-9,11-12H2,1-3H3,(H,21,24). The normalized spacial score (nSPS) is 22.7. The number of rotatable bonds is 5. The van der Waals surface area contributed by atoms with E-state index >= 15 is 0 Å². The van der Waals surface area contributed by atoms with E-state index in [4.69, 9.17) is 16.3 Å². The molecule has 1 unspecified atom stereocenters. The lowest BCUT2D eigenvalue weighted by Gasteiger charge is -2.40. The van der Waals surface area contributed by atoms with Gasteiger partial charge in [-0.3, -0.25) is 14.5 Å². The molecule has 0 aliphatic carbocycles. The van der Waals surface area contributed by atoms with Gasteiger partial charge in [0.1, 0.15) is 0 Å². The second-order valence-corrected chi connectivity index (χ2v) is 10.3. The van der Waals surface area contributed by atoms with Gasteiger partial charge in [-0.25, -0.2) is 12.7 Å². The average molecular weight is 444 g/mol. The maximum absolute atomic E-state index is 12.6. The van der Waals surface area contributed by atoms with Crippen LogP contribution < -0.4 is 9.62 Å². The van der Waals surface area contributed by atoms with Crippen molar-refractivity contribution < 1.29 is 22.7 Å². The van der Waals surface area contributed by atoms with Gasteiger partial charge < -0.3 is 10.1 Å². The van der Waals surface area contributed by atoms with Gasteiger partial charge in [-0.05, 0) is 32.0 Å². The summed E-state index contributed by atoms with van der Waals surface area (Å²) in [6.45, 7) is 9.02. The molecule has 10 heteroatoms. The molecular weight excluding hydrogens is 418 g/mol. The van der Waals surface area contributed by atoms with Crippen LogP contribution in [0.4, 0.5) is 5.69 Å².